The lowest BCUT2D eigenvalue weighted by Gasteiger charge is -2.22. The number of hydrogen-bond donors (Lipinski definition) is 2. The summed E-state index contributed by atoms with van der Waals surface area (Å²) in [6, 6.07) is 16.9. The molecule has 2 unspecified atom stereocenters. The summed E-state index contributed by atoms with van der Waals surface area (Å²) in [5.41, 5.74) is 2.02. The molecule has 0 radical (unpaired) electrons. The van der Waals surface area contributed by atoms with Gasteiger partial charge in [-0.05, 0) is 102 Å². The second-order valence-corrected chi connectivity index (χ2v) is 14.2. The van der Waals surface area contributed by atoms with Crippen molar-refractivity contribution < 1.29 is 38.1 Å². The molecule has 10 heteroatoms. The number of likely N-dealkylation sites (tertiary alicyclic amines) is 1. The van der Waals surface area contributed by atoms with Gasteiger partial charge >= 0.3 is 18.2 Å². The number of nitrogens with zero attached hydrogens (tertiary/aromatic N) is 1. The van der Waals surface area contributed by atoms with Crippen molar-refractivity contribution >= 4 is 24.2 Å². The summed E-state index contributed by atoms with van der Waals surface area (Å²) in [5, 5.41) is 12.3. The summed E-state index contributed by atoms with van der Waals surface area (Å²) in [4.78, 5) is 38.2. The molecule has 0 aromatic heterocycles. The highest BCUT2D eigenvalue weighted by atomic mass is 19.1. The monoisotopic (exact) mass is 674 g/mol. The van der Waals surface area contributed by atoms with Gasteiger partial charge < -0.3 is 29.5 Å². The molecule has 0 spiro atoms. The largest absolute Gasteiger partial charge is 0.489 e. The average molecular weight is 675 g/mol. The van der Waals surface area contributed by atoms with Gasteiger partial charge in [-0.3, -0.25) is 4.79 Å². The van der Waals surface area contributed by atoms with E-state index in [0.717, 1.165) is 17.5 Å². The number of esters is 1. The topological polar surface area (TPSA) is 114 Å². The molecular formula is C39H47FN2O7. The highest BCUT2D eigenvalue weighted by Gasteiger charge is 2.26. The van der Waals surface area contributed by atoms with Gasteiger partial charge in [-0.1, -0.05) is 48.6 Å². The van der Waals surface area contributed by atoms with Crippen molar-refractivity contribution in [1.82, 2.24) is 10.2 Å². The number of carbonyl (C=O) groups excluding carboxylic acids is 2. The lowest BCUT2D eigenvalue weighted by atomic mass is 9.95. The van der Waals surface area contributed by atoms with E-state index in [1.807, 2.05) is 69.3 Å². The number of hydrogen-bond acceptors (Lipinski definition) is 6. The number of carbonyl (C=O) groups is 3. The molecule has 3 aromatic carbocycles. The Morgan fingerprint density at radius 3 is 2.41 bits per heavy atom. The second kappa shape index (κ2) is 15.6. The Balaban J connectivity index is 1.66. The number of nitrogens with one attached hydrogen (secondary N) is 1. The minimum Gasteiger partial charge on any atom is -0.489 e. The number of benzene rings is 3. The van der Waals surface area contributed by atoms with Crippen LogP contribution in [0.25, 0.3) is 17.2 Å². The van der Waals surface area contributed by atoms with Crippen LogP contribution in [-0.4, -0.2) is 52.0 Å². The van der Waals surface area contributed by atoms with Crippen LogP contribution in [-0.2, 0) is 27.3 Å². The number of para-hydroxylation sites is 1. The van der Waals surface area contributed by atoms with E-state index in [1.165, 1.54) is 4.90 Å². The van der Waals surface area contributed by atoms with E-state index in [9.17, 15) is 19.5 Å². The van der Waals surface area contributed by atoms with Gasteiger partial charge in [0, 0.05) is 23.2 Å². The van der Waals surface area contributed by atoms with Crippen molar-refractivity contribution in [3.8, 4) is 16.9 Å². The predicted molar refractivity (Wildman–Crippen MR) is 187 cm³/mol. The molecule has 262 valence electrons. The molecule has 1 aliphatic rings. The van der Waals surface area contributed by atoms with Crippen molar-refractivity contribution in [3.05, 3.63) is 94.8 Å². The molecular weight excluding hydrogens is 627 g/mol. The highest BCUT2D eigenvalue weighted by Crippen LogP contribution is 2.31. The van der Waals surface area contributed by atoms with Crippen molar-refractivity contribution in [2.24, 2.45) is 0 Å². The number of halogens is 1. The van der Waals surface area contributed by atoms with Crippen LogP contribution in [0.2, 0.25) is 0 Å². The van der Waals surface area contributed by atoms with Gasteiger partial charge in [-0.15, -0.1) is 0 Å². The normalized spacial score (nSPS) is 15.6. The first kappa shape index (κ1) is 37.0. The summed E-state index contributed by atoms with van der Waals surface area (Å²) >= 11 is 0. The molecule has 4 rings (SSSR count). The molecule has 0 saturated carbocycles. The Morgan fingerprint density at radius 1 is 1.00 bits per heavy atom. The third-order valence-corrected chi connectivity index (χ3v) is 7.73. The molecule has 9 nitrogen and oxygen atoms in total. The van der Waals surface area contributed by atoms with E-state index >= 15 is 4.39 Å². The van der Waals surface area contributed by atoms with Crippen molar-refractivity contribution in [2.45, 2.75) is 97.6 Å². The molecule has 2 atom stereocenters. The van der Waals surface area contributed by atoms with Crippen LogP contribution in [0.5, 0.6) is 5.75 Å². The summed E-state index contributed by atoms with van der Waals surface area (Å²) in [7, 11) is 0. The lowest BCUT2D eigenvalue weighted by molar-refractivity contribution is -0.153. The Morgan fingerprint density at radius 2 is 1.71 bits per heavy atom. The first-order valence-corrected chi connectivity index (χ1v) is 16.5. The van der Waals surface area contributed by atoms with Crippen molar-refractivity contribution in [2.75, 3.05) is 6.54 Å². The summed E-state index contributed by atoms with van der Waals surface area (Å²) in [5.74, 6) is -0.338. The molecule has 3 aromatic rings. The van der Waals surface area contributed by atoms with Gasteiger partial charge in [0.1, 0.15) is 29.4 Å². The maximum Gasteiger partial charge on any atom is 0.408 e. The number of rotatable bonds is 10. The van der Waals surface area contributed by atoms with Gasteiger partial charge in [-0.2, -0.15) is 0 Å². The third-order valence-electron chi connectivity index (χ3n) is 7.73. The standard InChI is InChI=1S/C39H47FN2O7/c1-25(41-36(44)49-39(5,6)7)31-14-10-15-32(35(31)40)29-21-26(17-18-30-13-11-19-42(30)37(45)46)20-27(22-29)24-47-33-16-9-8-12-28(33)23-34(43)48-38(2,3)4/h8-10,12,14-18,20-22,25,30H,11,13,19,23-24H2,1-7H3,(H,41,44)(H,45,46)/b18-17+. The summed E-state index contributed by atoms with van der Waals surface area (Å²) in [6.07, 6.45) is 3.63. The fraction of sp³-hybridized carbons (Fsp3) is 0.410. The molecule has 1 heterocycles. The maximum absolute atomic E-state index is 16.2. The summed E-state index contributed by atoms with van der Waals surface area (Å²) in [6.45, 7) is 13.0. The second-order valence-electron chi connectivity index (χ2n) is 14.2. The Labute approximate surface area is 288 Å². The van der Waals surface area contributed by atoms with Crippen LogP contribution >= 0.6 is 0 Å². The van der Waals surface area contributed by atoms with Crippen LogP contribution in [0, 0.1) is 5.82 Å². The zero-order valence-corrected chi connectivity index (χ0v) is 29.3. The average Bonchev–Trinajstić information content (AvgIpc) is 3.47. The quantitative estimate of drug-likeness (QED) is 0.207. The lowest BCUT2D eigenvalue weighted by Crippen LogP contribution is -2.34. The van der Waals surface area contributed by atoms with Crippen LogP contribution < -0.4 is 10.1 Å². The first-order valence-electron chi connectivity index (χ1n) is 16.5. The molecule has 0 bridgehead atoms. The van der Waals surface area contributed by atoms with Crippen molar-refractivity contribution in [1.29, 1.82) is 0 Å². The van der Waals surface area contributed by atoms with Gasteiger partial charge in [-0.25, -0.2) is 14.0 Å². The number of ether oxygens (including phenoxy) is 3. The zero-order chi connectivity index (χ0) is 35.9. The summed E-state index contributed by atoms with van der Waals surface area (Å²) < 4.78 is 33.3. The van der Waals surface area contributed by atoms with Crippen LogP contribution in [0.4, 0.5) is 14.0 Å². The van der Waals surface area contributed by atoms with E-state index in [-0.39, 0.29) is 25.0 Å². The molecule has 2 N–H and O–H groups in total. The maximum atomic E-state index is 16.2. The van der Waals surface area contributed by atoms with E-state index in [0.29, 0.717) is 41.0 Å². The van der Waals surface area contributed by atoms with Crippen LogP contribution in [0.15, 0.2) is 66.7 Å². The van der Waals surface area contributed by atoms with Crippen LogP contribution in [0.3, 0.4) is 0 Å². The van der Waals surface area contributed by atoms with Crippen molar-refractivity contribution in [3.63, 3.8) is 0 Å². The molecule has 2 amide bonds. The fourth-order valence-corrected chi connectivity index (χ4v) is 5.66. The van der Waals surface area contributed by atoms with Gasteiger partial charge in [0.05, 0.1) is 18.5 Å². The Kier molecular flexibility index (Phi) is 11.7. The minimum absolute atomic E-state index is 0.0382. The van der Waals surface area contributed by atoms with Gasteiger partial charge in [0.25, 0.3) is 0 Å². The SMILES string of the molecule is CC(NC(=O)OC(C)(C)C)c1cccc(-c2cc(/C=C/C3CCCN3C(=O)O)cc(COc3ccccc3CC(=O)OC(C)(C)C)c2)c1F. The van der Waals surface area contributed by atoms with Gasteiger partial charge in [0.2, 0.25) is 0 Å². The van der Waals surface area contributed by atoms with Crippen LogP contribution in [0.1, 0.15) is 89.6 Å². The number of carboxylic acid groups (broad SMARTS) is 1. The number of amides is 2. The Bertz CT molecular complexity index is 1690. The Hall–Kier alpha value is -4.86. The van der Waals surface area contributed by atoms with E-state index in [4.69, 9.17) is 14.2 Å². The first-order chi connectivity index (χ1) is 23.0. The van der Waals surface area contributed by atoms with E-state index in [1.54, 1.807) is 52.0 Å². The zero-order valence-electron chi connectivity index (χ0n) is 29.3. The van der Waals surface area contributed by atoms with E-state index in [2.05, 4.69) is 5.32 Å². The molecule has 1 fully saturated rings. The predicted octanol–water partition coefficient (Wildman–Crippen LogP) is 8.70. The third kappa shape index (κ3) is 10.8. The molecule has 1 saturated heterocycles. The number of alkyl carbamates (subject to hydrolysis) is 1. The minimum atomic E-state index is -0.965. The fourth-order valence-electron chi connectivity index (χ4n) is 5.66. The molecule has 1 aliphatic heterocycles. The van der Waals surface area contributed by atoms with E-state index < -0.39 is 35.2 Å². The highest BCUT2D eigenvalue weighted by molar-refractivity contribution is 5.74. The molecule has 49 heavy (non-hydrogen) atoms. The van der Waals surface area contributed by atoms with Gasteiger partial charge in [0.15, 0.2) is 0 Å². The smallest absolute Gasteiger partial charge is 0.408 e. The molecule has 0 aliphatic carbocycles.